The van der Waals surface area contributed by atoms with Crippen LogP contribution >= 0.6 is 0 Å². The number of likely N-dealkylation sites (tertiary alicyclic amines) is 1. The smallest absolute Gasteiger partial charge is 0.214 e. The van der Waals surface area contributed by atoms with Gasteiger partial charge in [0.25, 0.3) is 0 Å². The SMILES string of the molecule is Cc1cc(CN2CCCC(NS(=O)(=O)C3CC3)C2)no1. The van der Waals surface area contributed by atoms with Crippen LogP contribution in [0.4, 0.5) is 0 Å². The molecule has 1 aromatic rings. The number of sulfonamides is 1. The fourth-order valence-corrected chi connectivity index (χ4v) is 4.33. The Morgan fingerprint density at radius 3 is 2.90 bits per heavy atom. The highest BCUT2D eigenvalue weighted by atomic mass is 32.2. The van der Waals surface area contributed by atoms with Gasteiger partial charge in [0, 0.05) is 25.2 Å². The summed E-state index contributed by atoms with van der Waals surface area (Å²) in [5.41, 5.74) is 0.910. The van der Waals surface area contributed by atoms with E-state index >= 15 is 0 Å². The zero-order chi connectivity index (χ0) is 14.2. The molecule has 1 saturated heterocycles. The summed E-state index contributed by atoms with van der Waals surface area (Å²) in [7, 11) is -3.09. The van der Waals surface area contributed by atoms with Crippen LogP contribution in [-0.4, -0.2) is 42.9 Å². The van der Waals surface area contributed by atoms with Crippen molar-refractivity contribution >= 4 is 10.0 Å². The predicted octanol–water partition coefficient (Wildman–Crippen LogP) is 1.03. The van der Waals surface area contributed by atoms with Gasteiger partial charge in [-0.2, -0.15) is 0 Å². The van der Waals surface area contributed by atoms with Crippen molar-refractivity contribution < 1.29 is 12.9 Å². The molecule has 20 heavy (non-hydrogen) atoms. The van der Waals surface area contributed by atoms with Gasteiger partial charge in [0.1, 0.15) is 5.76 Å². The van der Waals surface area contributed by atoms with Crippen molar-refractivity contribution in [3.05, 3.63) is 17.5 Å². The molecular weight excluding hydrogens is 278 g/mol. The molecule has 1 atom stereocenters. The lowest BCUT2D eigenvalue weighted by Gasteiger charge is -2.32. The lowest BCUT2D eigenvalue weighted by atomic mass is 10.1. The molecule has 1 aliphatic heterocycles. The van der Waals surface area contributed by atoms with E-state index in [0.29, 0.717) is 0 Å². The van der Waals surface area contributed by atoms with E-state index in [1.54, 1.807) is 0 Å². The molecule has 0 spiro atoms. The molecule has 112 valence electrons. The summed E-state index contributed by atoms with van der Waals surface area (Å²) in [6.07, 6.45) is 3.54. The number of nitrogens with zero attached hydrogens (tertiary/aromatic N) is 2. The van der Waals surface area contributed by atoms with E-state index in [9.17, 15) is 8.42 Å². The summed E-state index contributed by atoms with van der Waals surface area (Å²) in [6, 6.07) is 1.96. The molecule has 1 aliphatic carbocycles. The molecule has 7 heteroatoms. The van der Waals surface area contributed by atoms with Crippen LogP contribution in [0.3, 0.4) is 0 Å². The maximum Gasteiger partial charge on any atom is 0.214 e. The summed E-state index contributed by atoms with van der Waals surface area (Å²) < 4.78 is 31.9. The lowest BCUT2D eigenvalue weighted by molar-refractivity contribution is 0.189. The van der Waals surface area contributed by atoms with Gasteiger partial charge in [-0.3, -0.25) is 4.90 Å². The minimum absolute atomic E-state index is 0.0300. The Balaban J connectivity index is 1.56. The van der Waals surface area contributed by atoms with Gasteiger partial charge in [-0.1, -0.05) is 5.16 Å². The van der Waals surface area contributed by atoms with Gasteiger partial charge in [0.05, 0.1) is 10.9 Å². The second kappa shape index (κ2) is 5.46. The second-order valence-corrected chi connectivity index (χ2v) is 7.86. The molecule has 0 bridgehead atoms. The highest BCUT2D eigenvalue weighted by Crippen LogP contribution is 2.28. The molecule has 0 radical (unpaired) electrons. The summed E-state index contributed by atoms with van der Waals surface area (Å²) in [4.78, 5) is 2.24. The van der Waals surface area contributed by atoms with Crippen molar-refractivity contribution in [2.45, 2.75) is 50.4 Å². The Hall–Kier alpha value is -0.920. The normalized spacial score (nSPS) is 24.9. The van der Waals surface area contributed by atoms with Crippen LogP contribution in [0.25, 0.3) is 0 Å². The number of hydrogen-bond acceptors (Lipinski definition) is 5. The van der Waals surface area contributed by atoms with Crippen molar-refractivity contribution in [3.63, 3.8) is 0 Å². The van der Waals surface area contributed by atoms with Gasteiger partial charge < -0.3 is 4.52 Å². The number of aryl methyl sites for hydroxylation is 1. The van der Waals surface area contributed by atoms with Crippen molar-refractivity contribution in [3.8, 4) is 0 Å². The van der Waals surface area contributed by atoms with Crippen molar-refractivity contribution in [2.75, 3.05) is 13.1 Å². The third-order valence-corrected chi connectivity index (χ3v) is 5.87. The van der Waals surface area contributed by atoms with Crippen LogP contribution in [0, 0.1) is 6.92 Å². The third-order valence-electron chi connectivity index (χ3n) is 3.86. The van der Waals surface area contributed by atoms with E-state index in [2.05, 4.69) is 14.8 Å². The number of hydrogen-bond donors (Lipinski definition) is 1. The number of aromatic nitrogens is 1. The first kappa shape index (κ1) is 14.0. The average Bonchev–Trinajstić information content (AvgIpc) is 3.15. The molecule has 1 unspecified atom stereocenters. The maximum absolute atomic E-state index is 12.0. The summed E-state index contributed by atoms with van der Waals surface area (Å²) >= 11 is 0. The predicted molar refractivity (Wildman–Crippen MR) is 74.6 cm³/mol. The highest BCUT2D eigenvalue weighted by molar-refractivity contribution is 7.90. The monoisotopic (exact) mass is 299 g/mol. The maximum atomic E-state index is 12.0. The molecule has 3 rings (SSSR count). The Morgan fingerprint density at radius 2 is 2.25 bits per heavy atom. The van der Waals surface area contributed by atoms with Crippen molar-refractivity contribution in [2.24, 2.45) is 0 Å². The van der Waals surface area contributed by atoms with Crippen LogP contribution in [0.5, 0.6) is 0 Å². The molecule has 1 saturated carbocycles. The van der Waals surface area contributed by atoms with E-state index in [4.69, 9.17) is 4.52 Å². The molecule has 0 amide bonds. The van der Waals surface area contributed by atoms with Gasteiger partial charge in [0.2, 0.25) is 10.0 Å². The van der Waals surface area contributed by atoms with E-state index in [0.717, 1.165) is 56.8 Å². The molecule has 2 heterocycles. The zero-order valence-electron chi connectivity index (χ0n) is 11.7. The van der Waals surface area contributed by atoms with Crippen LogP contribution in [0.15, 0.2) is 10.6 Å². The summed E-state index contributed by atoms with van der Waals surface area (Å²) in [5, 5.41) is 3.85. The first-order valence-corrected chi connectivity index (χ1v) is 8.73. The van der Waals surface area contributed by atoms with E-state index in [-0.39, 0.29) is 11.3 Å². The number of nitrogens with one attached hydrogen (secondary N) is 1. The molecule has 2 fully saturated rings. The zero-order valence-corrected chi connectivity index (χ0v) is 12.5. The fourth-order valence-electron chi connectivity index (χ4n) is 2.72. The first-order chi connectivity index (χ1) is 9.53. The topological polar surface area (TPSA) is 75.4 Å². The number of piperidine rings is 1. The van der Waals surface area contributed by atoms with Crippen LogP contribution in [-0.2, 0) is 16.6 Å². The van der Waals surface area contributed by atoms with Crippen molar-refractivity contribution in [1.82, 2.24) is 14.8 Å². The molecule has 1 N–H and O–H groups in total. The molecular formula is C13H21N3O3S. The van der Waals surface area contributed by atoms with Gasteiger partial charge in [-0.05, 0) is 39.2 Å². The standard InChI is InChI=1S/C13H21N3O3S/c1-10-7-12(14-19-10)9-16-6-2-3-11(8-16)15-20(17,18)13-4-5-13/h7,11,13,15H,2-6,8-9H2,1H3. The van der Waals surface area contributed by atoms with Crippen LogP contribution in [0.2, 0.25) is 0 Å². The molecule has 0 aromatic carbocycles. The Labute approximate surface area is 119 Å². The van der Waals surface area contributed by atoms with Gasteiger partial charge in [0.15, 0.2) is 0 Å². The minimum atomic E-state index is -3.09. The molecule has 6 nitrogen and oxygen atoms in total. The number of rotatable bonds is 5. The Bertz CT molecular complexity index is 565. The molecule has 1 aromatic heterocycles. The van der Waals surface area contributed by atoms with Crippen LogP contribution in [0.1, 0.15) is 37.1 Å². The van der Waals surface area contributed by atoms with E-state index in [1.807, 2.05) is 13.0 Å². The summed E-state index contributed by atoms with van der Waals surface area (Å²) in [6.45, 7) is 4.32. The minimum Gasteiger partial charge on any atom is -0.361 e. The van der Waals surface area contributed by atoms with E-state index < -0.39 is 10.0 Å². The fraction of sp³-hybridized carbons (Fsp3) is 0.769. The second-order valence-electron chi connectivity index (χ2n) is 5.87. The quantitative estimate of drug-likeness (QED) is 0.879. The first-order valence-electron chi connectivity index (χ1n) is 7.18. The van der Waals surface area contributed by atoms with Crippen LogP contribution < -0.4 is 4.72 Å². The van der Waals surface area contributed by atoms with E-state index in [1.165, 1.54) is 0 Å². The third kappa shape index (κ3) is 3.39. The highest BCUT2D eigenvalue weighted by Gasteiger charge is 2.37. The van der Waals surface area contributed by atoms with Gasteiger partial charge in [-0.25, -0.2) is 13.1 Å². The summed E-state index contributed by atoms with van der Waals surface area (Å²) in [5.74, 6) is 0.808. The Kier molecular flexibility index (Phi) is 3.83. The largest absolute Gasteiger partial charge is 0.361 e. The lowest BCUT2D eigenvalue weighted by Crippen LogP contribution is -2.48. The van der Waals surface area contributed by atoms with Gasteiger partial charge >= 0.3 is 0 Å². The molecule has 2 aliphatic rings. The van der Waals surface area contributed by atoms with Crippen molar-refractivity contribution in [1.29, 1.82) is 0 Å². The van der Waals surface area contributed by atoms with Gasteiger partial charge in [-0.15, -0.1) is 0 Å². The Morgan fingerprint density at radius 1 is 1.45 bits per heavy atom. The average molecular weight is 299 g/mol.